The number of amides is 1. The summed E-state index contributed by atoms with van der Waals surface area (Å²) in [6.45, 7) is 3.17. The van der Waals surface area contributed by atoms with Crippen molar-refractivity contribution in [3.63, 3.8) is 0 Å². The predicted octanol–water partition coefficient (Wildman–Crippen LogP) is 0.717. The molecule has 6 nitrogen and oxygen atoms in total. The Morgan fingerprint density at radius 1 is 1.12 bits per heavy atom. The summed E-state index contributed by atoms with van der Waals surface area (Å²) in [5.41, 5.74) is 6.48. The third-order valence-corrected chi connectivity index (χ3v) is 6.88. The molecule has 2 N–H and O–H groups in total. The summed E-state index contributed by atoms with van der Waals surface area (Å²) in [7, 11) is -3.38. The molecule has 0 radical (unpaired) electrons. The molecule has 132 valence electrons. The maximum atomic E-state index is 12.2. The molecular weight excluding hydrogens is 394 g/mol. The quantitative estimate of drug-likeness (QED) is 0.765. The standard InChI is InChI=1S/C16H22BrN3O3S/c17-14-1-3-15(4-2-14)19-7-12-9-20(10-13(12)8-19)16(21)11-24(22,23)6-5-18/h1-4,12-13H,5-11,18H2/t12-,13+. The number of hydrogen-bond donors (Lipinski definition) is 1. The van der Waals surface area contributed by atoms with Gasteiger partial charge in [0, 0.05) is 54.7 Å². The molecule has 1 aromatic rings. The van der Waals surface area contributed by atoms with Crippen molar-refractivity contribution in [2.24, 2.45) is 17.6 Å². The van der Waals surface area contributed by atoms with E-state index in [1.54, 1.807) is 4.90 Å². The van der Waals surface area contributed by atoms with Gasteiger partial charge in [0.15, 0.2) is 9.84 Å². The molecule has 1 aromatic carbocycles. The van der Waals surface area contributed by atoms with E-state index >= 15 is 0 Å². The lowest BCUT2D eigenvalue weighted by molar-refractivity contribution is -0.127. The second kappa shape index (κ2) is 7.01. The number of sulfone groups is 1. The molecule has 2 aliphatic rings. The van der Waals surface area contributed by atoms with Gasteiger partial charge in [-0.15, -0.1) is 0 Å². The van der Waals surface area contributed by atoms with Crippen LogP contribution in [0, 0.1) is 11.8 Å². The van der Waals surface area contributed by atoms with Gasteiger partial charge >= 0.3 is 0 Å². The van der Waals surface area contributed by atoms with Gasteiger partial charge in [-0.1, -0.05) is 15.9 Å². The van der Waals surface area contributed by atoms with Gasteiger partial charge in [0.1, 0.15) is 5.75 Å². The number of halogens is 1. The number of nitrogens with two attached hydrogens (primary N) is 1. The zero-order chi connectivity index (χ0) is 17.3. The molecule has 2 saturated heterocycles. The van der Waals surface area contributed by atoms with E-state index in [4.69, 9.17) is 5.73 Å². The number of fused-ring (bicyclic) bond motifs is 1. The van der Waals surface area contributed by atoms with Crippen LogP contribution in [0.5, 0.6) is 0 Å². The third-order valence-electron chi connectivity index (χ3n) is 4.80. The Labute approximate surface area is 151 Å². The van der Waals surface area contributed by atoms with E-state index in [2.05, 4.69) is 33.0 Å². The number of benzene rings is 1. The van der Waals surface area contributed by atoms with Crippen LogP contribution < -0.4 is 10.6 Å². The molecule has 0 bridgehead atoms. The van der Waals surface area contributed by atoms with Crippen molar-refractivity contribution in [1.29, 1.82) is 0 Å². The summed E-state index contributed by atoms with van der Waals surface area (Å²) in [4.78, 5) is 16.3. The maximum Gasteiger partial charge on any atom is 0.237 e. The largest absolute Gasteiger partial charge is 0.371 e. The Balaban J connectivity index is 1.57. The summed E-state index contributed by atoms with van der Waals surface area (Å²) < 4.78 is 24.6. The van der Waals surface area contributed by atoms with Crippen molar-refractivity contribution < 1.29 is 13.2 Å². The molecule has 3 rings (SSSR count). The van der Waals surface area contributed by atoms with Crippen LogP contribution in [0.4, 0.5) is 5.69 Å². The van der Waals surface area contributed by atoms with Crippen LogP contribution in [-0.2, 0) is 14.6 Å². The lowest BCUT2D eigenvalue weighted by atomic mass is 10.0. The molecule has 0 unspecified atom stereocenters. The summed E-state index contributed by atoms with van der Waals surface area (Å²) in [6, 6.07) is 8.24. The van der Waals surface area contributed by atoms with Crippen molar-refractivity contribution in [2.45, 2.75) is 0 Å². The minimum absolute atomic E-state index is 0.0585. The Morgan fingerprint density at radius 2 is 1.71 bits per heavy atom. The van der Waals surface area contributed by atoms with Crippen molar-refractivity contribution >= 4 is 37.4 Å². The number of rotatable bonds is 5. The van der Waals surface area contributed by atoms with Gasteiger partial charge in [-0.2, -0.15) is 0 Å². The summed E-state index contributed by atoms with van der Waals surface area (Å²) in [5.74, 6) is -0.00529. The van der Waals surface area contributed by atoms with Gasteiger partial charge < -0.3 is 15.5 Å². The molecule has 2 fully saturated rings. The summed E-state index contributed by atoms with van der Waals surface area (Å²) in [6.07, 6.45) is 0. The molecule has 0 aliphatic carbocycles. The van der Waals surface area contributed by atoms with Crippen molar-refractivity contribution in [3.05, 3.63) is 28.7 Å². The minimum Gasteiger partial charge on any atom is -0.371 e. The highest BCUT2D eigenvalue weighted by atomic mass is 79.9. The number of carbonyl (C=O) groups is 1. The number of hydrogen-bond acceptors (Lipinski definition) is 5. The molecule has 2 heterocycles. The Bertz CT molecular complexity index is 694. The molecule has 2 aliphatic heterocycles. The Kier molecular flexibility index (Phi) is 5.17. The monoisotopic (exact) mass is 415 g/mol. The van der Waals surface area contributed by atoms with Gasteiger partial charge in [0.25, 0.3) is 0 Å². The second-order valence-corrected chi connectivity index (χ2v) is 9.68. The average Bonchev–Trinajstić information content (AvgIpc) is 3.06. The van der Waals surface area contributed by atoms with E-state index in [0.717, 1.165) is 17.6 Å². The van der Waals surface area contributed by atoms with Crippen LogP contribution in [-0.4, -0.2) is 63.5 Å². The molecule has 8 heteroatoms. The van der Waals surface area contributed by atoms with Crippen molar-refractivity contribution in [2.75, 3.05) is 49.1 Å². The van der Waals surface area contributed by atoms with Gasteiger partial charge in [0.05, 0.1) is 5.75 Å². The van der Waals surface area contributed by atoms with Crippen LogP contribution in [0.1, 0.15) is 0 Å². The highest BCUT2D eigenvalue weighted by Gasteiger charge is 2.42. The van der Waals surface area contributed by atoms with Crippen molar-refractivity contribution in [1.82, 2.24) is 4.90 Å². The fraction of sp³-hybridized carbons (Fsp3) is 0.562. The van der Waals surface area contributed by atoms with Crippen LogP contribution in [0.3, 0.4) is 0 Å². The average molecular weight is 416 g/mol. The number of anilines is 1. The normalized spacial score (nSPS) is 23.6. The third kappa shape index (κ3) is 3.92. The lowest BCUT2D eigenvalue weighted by Gasteiger charge is -2.23. The Hall–Kier alpha value is -1.12. The number of likely N-dealkylation sites (tertiary alicyclic amines) is 1. The lowest BCUT2D eigenvalue weighted by Crippen LogP contribution is -2.37. The van der Waals surface area contributed by atoms with Crippen LogP contribution in [0.25, 0.3) is 0 Å². The van der Waals surface area contributed by atoms with E-state index in [-0.39, 0.29) is 18.2 Å². The summed E-state index contributed by atoms with van der Waals surface area (Å²) in [5, 5.41) is 0. The number of nitrogens with zero attached hydrogens (tertiary/aromatic N) is 2. The fourth-order valence-corrected chi connectivity index (χ4v) is 4.92. The molecule has 0 spiro atoms. The summed E-state index contributed by atoms with van der Waals surface area (Å²) >= 11 is 3.44. The SMILES string of the molecule is NCCS(=O)(=O)CC(=O)N1C[C@@H]2CN(c3ccc(Br)cc3)C[C@@H]2C1. The maximum absolute atomic E-state index is 12.2. The molecule has 0 saturated carbocycles. The van der Waals surface area contributed by atoms with Gasteiger partial charge in [0.2, 0.25) is 5.91 Å². The molecular formula is C16H22BrN3O3S. The molecule has 24 heavy (non-hydrogen) atoms. The van der Waals surface area contributed by atoms with Gasteiger partial charge in [-0.3, -0.25) is 4.79 Å². The van der Waals surface area contributed by atoms with Crippen molar-refractivity contribution in [3.8, 4) is 0 Å². The van der Waals surface area contributed by atoms with E-state index in [0.29, 0.717) is 24.9 Å². The topological polar surface area (TPSA) is 83.7 Å². The molecule has 1 amide bonds. The van der Waals surface area contributed by atoms with E-state index in [9.17, 15) is 13.2 Å². The van der Waals surface area contributed by atoms with E-state index in [1.807, 2.05) is 12.1 Å². The fourth-order valence-electron chi connectivity index (χ4n) is 3.59. The number of carbonyl (C=O) groups excluding carboxylic acids is 1. The highest BCUT2D eigenvalue weighted by Crippen LogP contribution is 2.34. The van der Waals surface area contributed by atoms with Crippen LogP contribution in [0.15, 0.2) is 28.7 Å². The zero-order valence-corrected chi connectivity index (χ0v) is 15.8. The molecule has 2 atom stereocenters. The minimum atomic E-state index is -3.38. The predicted molar refractivity (Wildman–Crippen MR) is 97.6 cm³/mol. The van der Waals surface area contributed by atoms with E-state index in [1.165, 1.54) is 5.69 Å². The van der Waals surface area contributed by atoms with Crippen LogP contribution >= 0.6 is 15.9 Å². The highest BCUT2D eigenvalue weighted by molar-refractivity contribution is 9.10. The first-order valence-corrected chi connectivity index (χ1v) is 10.7. The zero-order valence-electron chi connectivity index (χ0n) is 13.4. The van der Waals surface area contributed by atoms with E-state index < -0.39 is 15.6 Å². The smallest absolute Gasteiger partial charge is 0.237 e. The Morgan fingerprint density at radius 3 is 2.25 bits per heavy atom. The molecule has 0 aromatic heterocycles. The first kappa shape index (κ1) is 17.7. The van der Waals surface area contributed by atoms with Gasteiger partial charge in [-0.25, -0.2) is 8.42 Å². The van der Waals surface area contributed by atoms with Crippen LogP contribution in [0.2, 0.25) is 0 Å². The van der Waals surface area contributed by atoms with Gasteiger partial charge in [-0.05, 0) is 24.3 Å². The first-order chi connectivity index (χ1) is 11.4. The second-order valence-electron chi connectivity index (χ2n) is 6.58. The first-order valence-electron chi connectivity index (χ1n) is 8.07.